The highest BCUT2D eigenvalue weighted by atomic mass is 16.5. The van der Waals surface area contributed by atoms with Gasteiger partial charge in [-0.3, -0.25) is 4.90 Å². The Kier molecular flexibility index (Phi) is 5.31. The van der Waals surface area contributed by atoms with Gasteiger partial charge in [-0.15, -0.1) is 0 Å². The van der Waals surface area contributed by atoms with Crippen LogP contribution in [0.25, 0.3) is 0 Å². The third-order valence-electron chi connectivity index (χ3n) is 2.27. The van der Waals surface area contributed by atoms with Gasteiger partial charge in [-0.25, -0.2) is 0 Å². The van der Waals surface area contributed by atoms with Crippen LogP contribution in [0.1, 0.15) is 0 Å². The van der Waals surface area contributed by atoms with Crippen LogP contribution < -0.4 is 5.32 Å². The summed E-state index contributed by atoms with van der Waals surface area (Å²) < 4.78 is 10.6. The minimum atomic E-state index is 0.343. The largest absolute Gasteiger partial charge is 0.383 e. The average Bonchev–Trinajstić information content (AvgIpc) is 2.16. The molecule has 1 fully saturated rings. The molecule has 0 radical (unpaired) electrons. The molecule has 1 atom stereocenters. The lowest BCUT2D eigenvalue weighted by molar-refractivity contribution is -0.0319. The number of ether oxygens (including phenoxy) is 2. The van der Waals surface area contributed by atoms with E-state index in [9.17, 15) is 0 Å². The molecule has 1 aliphatic heterocycles. The van der Waals surface area contributed by atoms with Crippen LogP contribution in [0, 0.1) is 0 Å². The van der Waals surface area contributed by atoms with Gasteiger partial charge in [0.1, 0.15) is 0 Å². The Hall–Kier alpha value is -0.160. The van der Waals surface area contributed by atoms with Crippen LogP contribution in [0.5, 0.6) is 0 Å². The SMILES string of the molecule is CNCC1CN(CCOC)CCO1. The molecule has 0 spiro atoms. The summed E-state index contributed by atoms with van der Waals surface area (Å²) in [6, 6.07) is 0. The lowest BCUT2D eigenvalue weighted by Crippen LogP contribution is -2.47. The number of hydrogen-bond acceptors (Lipinski definition) is 4. The van der Waals surface area contributed by atoms with Gasteiger partial charge in [0, 0.05) is 33.3 Å². The van der Waals surface area contributed by atoms with Gasteiger partial charge in [0.05, 0.1) is 19.3 Å². The van der Waals surface area contributed by atoms with Crippen molar-refractivity contribution in [3.05, 3.63) is 0 Å². The molecule has 1 aliphatic rings. The Morgan fingerprint density at radius 1 is 1.62 bits per heavy atom. The maximum atomic E-state index is 5.58. The van der Waals surface area contributed by atoms with Crippen molar-refractivity contribution in [3.63, 3.8) is 0 Å². The minimum Gasteiger partial charge on any atom is -0.383 e. The second kappa shape index (κ2) is 6.32. The summed E-state index contributed by atoms with van der Waals surface area (Å²) >= 11 is 0. The predicted octanol–water partition coefficient (Wildman–Crippen LogP) is -0.447. The van der Waals surface area contributed by atoms with Crippen LogP contribution in [0.3, 0.4) is 0 Å². The Bertz CT molecular complexity index is 131. The van der Waals surface area contributed by atoms with Crippen molar-refractivity contribution in [1.82, 2.24) is 10.2 Å². The third-order valence-corrected chi connectivity index (χ3v) is 2.27. The van der Waals surface area contributed by atoms with Crippen molar-refractivity contribution in [1.29, 1.82) is 0 Å². The second-order valence-electron chi connectivity index (χ2n) is 3.34. The van der Waals surface area contributed by atoms with E-state index >= 15 is 0 Å². The monoisotopic (exact) mass is 188 g/mol. The molecular formula is C9H20N2O2. The summed E-state index contributed by atoms with van der Waals surface area (Å²) in [7, 11) is 3.70. The fraction of sp³-hybridized carbons (Fsp3) is 1.00. The molecule has 0 amide bonds. The lowest BCUT2D eigenvalue weighted by Gasteiger charge is -2.32. The number of morpholine rings is 1. The average molecular weight is 188 g/mol. The van der Waals surface area contributed by atoms with E-state index in [1.54, 1.807) is 7.11 Å². The van der Waals surface area contributed by atoms with Gasteiger partial charge in [-0.2, -0.15) is 0 Å². The highest BCUT2D eigenvalue weighted by Gasteiger charge is 2.18. The molecule has 1 rings (SSSR count). The van der Waals surface area contributed by atoms with Crippen molar-refractivity contribution in [2.75, 3.05) is 53.6 Å². The first kappa shape index (κ1) is 10.9. The van der Waals surface area contributed by atoms with E-state index in [-0.39, 0.29) is 0 Å². The van der Waals surface area contributed by atoms with Crippen molar-refractivity contribution in [2.24, 2.45) is 0 Å². The van der Waals surface area contributed by atoms with Gasteiger partial charge in [0.25, 0.3) is 0 Å². The first-order valence-corrected chi connectivity index (χ1v) is 4.84. The Labute approximate surface area is 80.2 Å². The summed E-state index contributed by atoms with van der Waals surface area (Å²) in [6.45, 7) is 5.65. The summed E-state index contributed by atoms with van der Waals surface area (Å²) in [5.74, 6) is 0. The van der Waals surface area contributed by atoms with E-state index in [0.717, 1.165) is 39.4 Å². The topological polar surface area (TPSA) is 33.7 Å². The molecule has 0 aromatic heterocycles. The molecule has 0 bridgehead atoms. The number of rotatable bonds is 5. The molecule has 1 unspecified atom stereocenters. The molecule has 0 aromatic rings. The van der Waals surface area contributed by atoms with Gasteiger partial charge in [-0.1, -0.05) is 0 Å². The number of methoxy groups -OCH3 is 1. The number of nitrogens with zero attached hydrogens (tertiary/aromatic N) is 1. The number of hydrogen-bond donors (Lipinski definition) is 1. The molecule has 1 saturated heterocycles. The molecule has 78 valence electrons. The Balaban J connectivity index is 2.16. The molecule has 4 nitrogen and oxygen atoms in total. The van der Waals surface area contributed by atoms with Crippen LogP contribution in [-0.4, -0.2) is 64.6 Å². The highest BCUT2D eigenvalue weighted by Crippen LogP contribution is 2.03. The zero-order valence-corrected chi connectivity index (χ0v) is 8.58. The first-order valence-electron chi connectivity index (χ1n) is 4.84. The standard InChI is InChI=1S/C9H20N2O2/c1-10-7-9-8-11(3-5-12-2)4-6-13-9/h9-10H,3-8H2,1-2H3. The van der Waals surface area contributed by atoms with Gasteiger partial charge in [-0.05, 0) is 7.05 Å². The summed E-state index contributed by atoms with van der Waals surface area (Å²) in [5, 5.41) is 3.13. The van der Waals surface area contributed by atoms with Gasteiger partial charge in [0.2, 0.25) is 0 Å². The highest BCUT2D eigenvalue weighted by molar-refractivity contribution is 4.72. The first-order chi connectivity index (χ1) is 6.36. The van der Waals surface area contributed by atoms with Crippen molar-refractivity contribution < 1.29 is 9.47 Å². The van der Waals surface area contributed by atoms with Crippen LogP contribution in [0.15, 0.2) is 0 Å². The zero-order chi connectivity index (χ0) is 9.52. The van der Waals surface area contributed by atoms with E-state index < -0.39 is 0 Å². The number of likely N-dealkylation sites (N-methyl/N-ethyl adjacent to an activating group) is 1. The van der Waals surface area contributed by atoms with Gasteiger partial charge < -0.3 is 14.8 Å². The Morgan fingerprint density at radius 2 is 2.46 bits per heavy atom. The van der Waals surface area contributed by atoms with Crippen LogP contribution in [-0.2, 0) is 9.47 Å². The normalized spacial score (nSPS) is 24.9. The molecule has 0 saturated carbocycles. The molecule has 1 N–H and O–H groups in total. The zero-order valence-electron chi connectivity index (χ0n) is 8.58. The minimum absolute atomic E-state index is 0.343. The maximum Gasteiger partial charge on any atom is 0.0826 e. The third kappa shape index (κ3) is 4.04. The van der Waals surface area contributed by atoms with Crippen LogP contribution >= 0.6 is 0 Å². The molecule has 1 heterocycles. The fourth-order valence-electron chi connectivity index (χ4n) is 1.56. The quantitative estimate of drug-likeness (QED) is 0.634. The van der Waals surface area contributed by atoms with Crippen molar-refractivity contribution in [3.8, 4) is 0 Å². The van der Waals surface area contributed by atoms with Crippen LogP contribution in [0.2, 0.25) is 0 Å². The maximum absolute atomic E-state index is 5.58. The molecule has 13 heavy (non-hydrogen) atoms. The molecule has 4 heteroatoms. The number of nitrogens with one attached hydrogen (secondary N) is 1. The second-order valence-corrected chi connectivity index (χ2v) is 3.34. The van der Waals surface area contributed by atoms with Gasteiger partial charge in [0.15, 0.2) is 0 Å². The van der Waals surface area contributed by atoms with Crippen LogP contribution in [0.4, 0.5) is 0 Å². The van der Waals surface area contributed by atoms with Crippen molar-refractivity contribution in [2.45, 2.75) is 6.10 Å². The summed E-state index contributed by atoms with van der Waals surface area (Å²) in [5.41, 5.74) is 0. The van der Waals surface area contributed by atoms with E-state index in [1.807, 2.05) is 7.05 Å². The van der Waals surface area contributed by atoms with E-state index in [0.29, 0.717) is 6.10 Å². The smallest absolute Gasteiger partial charge is 0.0826 e. The molecular weight excluding hydrogens is 168 g/mol. The predicted molar refractivity (Wildman–Crippen MR) is 52.0 cm³/mol. The van der Waals surface area contributed by atoms with E-state index in [2.05, 4.69) is 10.2 Å². The Morgan fingerprint density at radius 3 is 3.15 bits per heavy atom. The molecule has 0 aliphatic carbocycles. The van der Waals surface area contributed by atoms with Gasteiger partial charge >= 0.3 is 0 Å². The lowest BCUT2D eigenvalue weighted by atomic mass is 10.2. The van der Waals surface area contributed by atoms with E-state index in [4.69, 9.17) is 9.47 Å². The molecule has 0 aromatic carbocycles. The van der Waals surface area contributed by atoms with E-state index in [1.165, 1.54) is 0 Å². The summed E-state index contributed by atoms with van der Waals surface area (Å²) in [6.07, 6.45) is 0.343. The fourth-order valence-corrected chi connectivity index (χ4v) is 1.56. The van der Waals surface area contributed by atoms with Crippen molar-refractivity contribution >= 4 is 0 Å². The summed E-state index contributed by atoms with van der Waals surface area (Å²) in [4.78, 5) is 2.38.